The molecule has 8 rings (SSSR count). The molecule has 7 nitrogen and oxygen atoms in total. The topological polar surface area (TPSA) is 96.8 Å². The lowest BCUT2D eigenvalue weighted by Crippen LogP contribution is -2.39. The van der Waals surface area contributed by atoms with Crippen molar-refractivity contribution in [3.05, 3.63) is 109 Å². The first-order valence-corrected chi connectivity index (χ1v) is 12.2. The molecule has 2 bridgehead atoms. The number of benzene rings is 2. The van der Waals surface area contributed by atoms with Crippen LogP contribution in [0.5, 0.6) is 0 Å². The molecule has 0 saturated heterocycles. The van der Waals surface area contributed by atoms with Gasteiger partial charge in [-0.05, 0) is 53.5 Å². The summed E-state index contributed by atoms with van der Waals surface area (Å²) in [5.41, 5.74) is 5.24. The number of aromatic amines is 1. The zero-order valence-electron chi connectivity index (χ0n) is 19.0. The Bertz CT molecular complexity index is 1580. The summed E-state index contributed by atoms with van der Waals surface area (Å²) >= 11 is 0. The molecule has 1 saturated carbocycles. The molecule has 4 aromatic rings. The molecule has 174 valence electrons. The van der Waals surface area contributed by atoms with Gasteiger partial charge < -0.3 is 5.32 Å². The van der Waals surface area contributed by atoms with Crippen molar-refractivity contribution in [1.29, 1.82) is 0 Å². The van der Waals surface area contributed by atoms with Crippen LogP contribution >= 0.6 is 0 Å². The fraction of sp³-hybridized carbons (Fsp3) is 0.286. The molecule has 1 atom stereocenters. The molecule has 4 aliphatic rings. The van der Waals surface area contributed by atoms with Crippen molar-refractivity contribution in [2.45, 2.75) is 37.1 Å². The lowest BCUT2D eigenvalue weighted by atomic mass is 9.59. The van der Waals surface area contributed by atoms with Gasteiger partial charge in [0.15, 0.2) is 0 Å². The molecule has 4 aliphatic carbocycles. The molecule has 1 unspecified atom stereocenters. The number of nitrogens with zero attached hydrogens (tertiary/aromatic N) is 2. The summed E-state index contributed by atoms with van der Waals surface area (Å²) in [4.78, 5) is 44.5. The first-order chi connectivity index (χ1) is 17.1. The number of hydrogen-bond donors (Lipinski definition) is 2. The van der Waals surface area contributed by atoms with Gasteiger partial charge >= 0.3 is 5.69 Å². The number of pyridine rings is 1. The van der Waals surface area contributed by atoms with Gasteiger partial charge in [0.25, 0.3) is 11.5 Å². The molecular formula is C28H24N4O3. The molecule has 2 aromatic heterocycles. The van der Waals surface area contributed by atoms with Crippen LogP contribution in [0.3, 0.4) is 0 Å². The Hall–Kier alpha value is -4.00. The summed E-state index contributed by atoms with van der Waals surface area (Å²) in [6.07, 6.45) is 4.23. The minimum Gasteiger partial charge on any atom is -0.352 e. The Labute approximate surface area is 200 Å². The fourth-order valence-electron chi connectivity index (χ4n) is 6.22. The van der Waals surface area contributed by atoms with Crippen molar-refractivity contribution < 1.29 is 4.79 Å². The van der Waals surface area contributed by atoms with E-state index in [1.807, 2.05) is 0 Å². The summed E-state index contributed by atoms with van der Waals surface area (Å²) in [6, 6.07) is 18.9. The van der Waals surface area contributed by atoms with Crippen molar-refractivity contribution in [2.24, 2.45) is 5.92 Å². The number of fused-ring (bicyclic) bond motifs is 2. The summed E-state index contributed by atoms with van der Waals surface area (Å²) in [7, 11) is 0. The first-order valence-electron chi connectivity index (χ1n) is 12.2. The highest BCUT2D eigenvalue weighted by molar-refractivity contribution is 5.96. The van der Waals surface area contributed by atoms with E-state index in [2.05, 4.69) is 63.8 Å². The lowest BCUT2D eigenvalue weighted by Gasteiger charge is -2.45. The van der Waals surface area contributed by atoms with Crippen LogP contribution in [-0.4, -0.2) is 27.0 Å². The van der Waals surface area contributed by atoms with E-state index in [-0.39, 0.29) is 29.2 Å². The summed E-state index contributed by atoms with van der Waals surface area (Å²) in [5.74, 6) is 0.615. The molecule has 7 heteroatoms. The van der Waals surface area contributed by atoms with E-state index in [0.29, 0.717) is 23.7 Å². The largest absolute Gasteiger partial charge is 0.352 e. The molecule has 0 aliphatic heterocycles. The Balaban J connectivity index is 1.17. The van der Waals surface area contributed by atoms with Crippen LogP contribution in [0.25, 0.3) is 11.0 Å². The molecule has 0 radical (unpaired) electrons. The van der Waals surface area contributed by atoms with E-state index in [1.165, 1.54) is 33.0 Å². The zero-order chi connectivity index (χ0) is 23.7. The van der Waals surface area contributed by atoms with Crippen molar-refractivity contribution in [2.75, 3.05) is 6.54 Å². The Kier molecular flexibility index (Phi) is 4.37. The summed E-state index contributed by atoms with van der Waals surface area (Å²) in [6.45, 7) is 0.540. The van der Waals surface area contributed by atoms with Crippen LogP contribution < -0.4 is 16.6 Å². The average Bonchev–Trinajstić information content (AvgIpc) is 3.72. The number of nitrogens with one attached hydrogen (secondary N) is 2. The predicted octanol–water partition coefficient (Wildman–Crippen LogP) is 3.45. The highest BCUT2D eigenvalue weighted by Crippen LogP contribution is 2.55. The van der Waals surface area contributed by atoms with E-state index in [4.69, 9.17) is 0 Å². The van der Waals surface area contributed by atoms with E-state index in [0.717, 1.165) is 19.3 Å². The van der Waals surface area contributed by atoms with Gasteiger partial charge in [-0.2, -0.15) is 0 Å². The minimum absolute atomic E-state index is 0.0708. The van der Waals surface area contributed by atoms with Crippen LogP contribution in [-0.2, 0) is 0 Å². The number of carbonyl (C=O) groups is 1. The minimum atomic E-state index is -0.512. The van der Waals surface area contributed by atoms with Gasteiger partial charge in [-0.15, -0.1) is 0 Å². The Morgan fingerprint density at radius 1 is 1.00 bits per heavy atom. The summed E-state index contributed by atoms with van der Waals surface area (Å²) in [5, 5.41) is 3.37. The van der Waals surface area contributed by atoms with Crippen molar-refractivity contribution >= 4 is 16.9 Å². The van der Waals surface area contributed by atoms with Gasteiger partial charge in [0.1, 0.15) is 5.65 Å². The predicted molar refractivity (Wildman–Crippen MR) is 132 cm³/mol. The maximum atomic E-state index is 13.1. The van der Waals surface area contributed by atoms with Crippen LogP contribution in [0.4, 0.5) is 0 Å². The molecule has 2 N–H and O–H groups in total. The summed E-state index contributed by atoms with van der Waals surface area (Å²) < 4.78 is 1.53. The zero-order valence-corrected chi connectivity index (χ0v) is 19.0. The third-order valence-corrected chi connectivity index (χ3v) is 7.90. The SMILES string of the molecule is O=C(NCC1CC2c3ccccc3C1c1ccccc12)c1cnc2c(c1)c(=O)[nH]c(=O)n2C1CC1. The molecule has 0 spiro atoms. The highest BCUT2D eigenvalue weighted by atomic mass is 16.2. The van der Waals surface area contributed by atoms with Gasteiger partial charge in [0.2, 0.25) is 0 Å². The van der Waals surface area contributed by atoms with Gasteiger partial charge in [0, 0.05) is 30.6 Å². The number of hydrogen-bond acceptors (Lipinski definition) is 4. The van der Waals surface area contributed by atoms with E-state index < -0.39 is 11.2 Å². The molecule has 2 aromatic carbocycles. The van der Waals surface area contributed by atoms with Gasteiger partial charge in [-0.3, -0.25) is 19.1 Å². The standard InChI is InChI=1S/C28H24N4O3/c33-26(16-12-23-25(29-14-16)32(17-9-10-17)28(35)31-27(23)34)30-13-15-11-22-18-5-1-3-7-20(18)24(15)21-8-4-2-6-19(21)22/h1-8,12,14-15,17,22,24H,9-11,13H2,(H,30,33)(H,31,34,35). The second-order valence-electron chi connectivity index (χ2n) is 9.95. The molecule has 35 heavy (non-hydrogen) atoms. The van der Waals surface area contributed by atoms with Crippen LogP contribution in [0.2, 0.25) is 0 Å². The molecule has 1 fully saturated rings. The van der Waals surface area contributed by atoms with Crippen LogP contribution in [0.1, 0.15) is 69.8 Å². The number of rotatable bonds is 4. The van der Waals surface area contributed by atoms with E-state index >= 15 is 0 Å². The maximum absolute atomic E-state index is 13.1. The molecule has 2 heterocycles. The van der Waals surface area contributed by atoms with Crippen molar-refractivity contribution in [3.63, 3.8) is 0 Å². The highest BCUT2D eigenvalue weighted by Gasteiger charge is 2.42. The smallest absolute Gasteiger partial charge is 0.330 e. The van der Waals surface area contributed by atoms with Gasteiger partial charge in [-0.25, -0.2) is 9.78 Å². The molecule has 1 amide bonds. The fourth-order valence-corrected chi connectivity index (χ4v) is 6.22. The quantitative estimate of drug-likeness (QED) is 0.484. The number of carbonyl (C=O) groups excluding carboxylic acids is 1. The van der Waals surface area contributed by atoms with Gasteiger partial charge in [0.05, 0.1) is 10.9 Å². The monoisotopic (exact) mass is 464 g/mol. The van der Waals surface area contributed by atoms with Crippen molar-refractivity contribution in [1.82, 2.24) is 19.9 Å². The molecular weight excluding hydrogens is 440 g/mol. The first kappa shape index (κ1) is 20.4. The number of aromatic nitrogens is 3. The van der Waals surface area contributed by atoms with Crippen LogP contribution in [0, 0.1) is 5.92 Å². The van der Waals surface area contributed by atoms with Gasteiger partial charge in [-0.1, -0.05) is 48.5 Å². The Morgan fingerprint density at radius 2 is 1.66 bits per heavy atom. The van der Waals surface area contributed by atoms with E-state index in [1.54, 1.807) is 6.07 Å². The maximum Gasteiger partial charge on any atom is 0.330 e. The second kappa shape index (κ2) is 7.50. The lowest BCUT2D eigenvalue weighted by molar-refractivity contribution is 0.0942. The average molecular weight is 465 g/mol. The Morgan fingerprint density at radius 3 is 2.31 bits per heavy atom. The second-order valence-corrected chi connectivity index (χ2v) is 9.95. The van der Waals surface area contributed by atoms with Crippen LogP contribution in [0.15, 0.2) is 70.4 Å². The van der Waals surface area contributed by atoms with Crippen molar-refractivity contribution in [3.8, 4) is 0 Å². The third kappa shape index (κ3) is 3.11. The third-order valence-electron chi connectivity index (χ3n) is 7.90. The normalized spacial score (nSPS) is 22.0. The number of H-pyrrole nitrogens is 1. The number of amides is 1. The van der Waals surface area contributed by atoms with E-state index in [9.17, 15) is 14.4 Å².